The predicted octanol–water partition coefficient (Wildman–Crippen LogP) is 1.34. The van der Waals surface area contributed by atoms with E-state index >= 15 is 0 Å². The number of hydrogen-bond acceptors (Lipinski definition) is 5. The molecule has 126 valence electrons. The van der Waals surface area contributed by atoms with Gasteiger partial charge in [-0.1, -0.05) is 12.8 Å². The summed E-state index contributed by atoms with van der Waals surface area (Å²) in [6, 6.07) is 3.91. The molecular formula is C17H27N5O. The molecule has 1 amide bonds. The summed E-state index contributed by atoms with van der Waals surface area (Å²) >= 11 is 0. The molecule has 1 aromatic rings. The molecule has 2 unspecified atom stereocenters. The van der Waals surface area contributed by atoms with Gasteiger partial charge in [-0.05, 0) is 31.9 Å². The van der Waals surface area contributed by atoms with E-state index < -0.39 is 5.54 Å². The number of anilines is 2. The van der Waals surface area contributed by atoms with Crippen LogP contribution < -0.4 is 21.3 Å². The highest BCUT2D eigenvalue weighted by Crippen LogP contribution is 2.32. The highest BCUT2D eigenvalue weighted by molar-refractivity contribution is 5.92. The van der Waals surface area contributed by atoms with Crippen LogP contribution in [0.3, 0.4) is 0 Å². The van der Waals surface area contributed by atoms with Crippen molar-refractivity contribution in [3.63, 3.8) is 0 Å². The minimum Gasteiger partial charge on any atom is -0.368 e. The van der Waals surface area contributed by atoms with Crippen molar-refractivity contribution in [3.8, 4) is 0 Å². The Bertz CT molecular complexity index is 536. The maximum Gasteiger partial charge on any atom is 0.230 e. The number of hydrogen-bond donors (Lipinski definition) is 3. The summed E-state index contributed by atoms with van der Waals surface area (Å²) in [5.41, 5.74) is 6.99. The third-order valence-corrected chi connectivity index (χ3v) is 5.05. The lowest BCUT2D eigenvalue weighted by molar-refractivity contribution is -0.122. The van der Waals surface area contributed by atoms with Gasteiger partial charge in [0.2, 0.25) is 5.91 Å². The third-order valence-electron chi connectivity index (χ3n) is 5.05. The minimum absolute atomic E-state index is 0.00266. The molecule has 2 aliphatic rings. The average molecular weight is 317 g/mol. The quantitative estimate of drug-likeness (QED) is 0.783. The first-order valence-corrected chi connectivity index (χ1v) is 8.58. The van der Waals surface area contributed by atoms with E-state index in [1.165, 1.54) is 0 Å². The first kappa shape index (κ1) is 16.2. The van der Waals surface area contributed by atoms with E-state index in [0.29, 0.717) is 5.82 Å². The van der Waals surface area contributed by atoms with Gasteiger partial charge in [0.1, 0.15) is 5.82 Å². The van der Waals surface area contributed by atoms with Gasteiger partial charge in [0, 0.05) is 31.7 Å². The Hall–Kier alpha value is -1.66. The lowest BCUT2D eigenvalue weighted by atomic mass is 9.74. The molecule has 2 fully saturated rings. The summed E-state index contributed by atoms with van der Waals surface area (Å²) in [4.78, 5) is 19.2. The topological polar surface area (TPSA) is 83.3 Å². The van der Waals surface area contributed by atoms with Crippen molar-refractivity contribution in [2.75, 3.05) is 36.4 Å². The van der Waals surface area contributed by atoms with Crippen molar-refractivity contribution >= 4 is 17.4 Å². The van der Waals surface area contributed by atoms with Gasteiger partial charge < -0.3 is 21.3 Å². The van der Waals surface area contributed by atoms with E-state index in [1.807, 2.05) is 25.3 Å². The van der Waals surface area contributed by atoms with E-state index in [2.05, 4.69) is 20.5 Å². The average Bonchev–Trinajstić information content (AvgIpc) is 2.56. The van der Waals surface area contributed by atoms with E-state index in [1.54, 1.807) is 0 Å². The van der Waals surface area contributed by atoms with E-state index in [-0.39, 0.29) is 11.8 Å². The van der Waals surface area contributed by atoms with Crippen LogP contribution >= 0.6 is 0 Å². The molecule has 1 aliphatic carbocycles. The largest absolute Gasteiger partial charge is 0.368 e. The second kappa shape index (κ2) is 6.84. The van der Waals surface area contributed by atoms with Gasteiger partial charge in [-0.3, -0.25) is 4.79 Å². The first-order chi connectivity index (χ1) is 11.1. The molecule has 4 N–H and O–H groups in total. The Morgan fingerprint density at radius 3 is 2.83 bits per heavy atom. The van der Waals surface area contributed by atoms with Crippen molar-refractivity contribution in [1.82, 2.24) is 10.3 Å². The third kappa shape index (κ3) is 3.82. The Morgan fingerprint density at radius 2 is 2.17 bits per heavy atom. The molecule has 0 spiro atoms. The van der Waals surface area contributed by atoms with Crippen molar-refractivity contribution < 1.29 is 4.79 Å². The molecule has 2 atom stereocenters. The van der Waals surface area contributed by atoms with Crippen LogP contribution in [0.15, 0.2) is 18.3 Å². The molecule has 0 bridgehead atoms. The van der Waals surface area contributed by atoms with Crippen LogP contribution in [0.2, 0.25) is 0 Å². The zero-order valence-corrected chi connectivity index (χ0v) is 13.8. The Morgan fingerprint density at radius 1 is 1.39 bits per heavy atom. The molecule has 1 aromatic heterocycles. The summed E-state index contributed by atoms with van der Waals surface area (Å²) in [7, 11) is 0. The first-order valence-electron chi connectivity index (χ1n) is 8.58. The number of nitrogens with one attached hydrogen (secondary N) is 2. The molecule has 3 rings (SSSR count). The summed E-state index contributed by atoms with van der Waals surface area (Å²) < 4.78 is 0. The number of aromatic nitrogens is 1. The second-order valence-corrected chi connectivity index (χ2v) is 6.93. The lowest BCUT2D eigenvalue weighted by Gasteiger charge is -2.37. The molecule has 6 nitrogen and oxygen atoms in total. The monoisotopic (exact) mass is 317 g/mol. The normalized spacial score (nSPS) is 28.4. The van der Waals surface area contributed by atoms with Crippen LogP contribution in [-0.2, 0) is 4.79 Å². The SMILES string of the molecule is CC1(N)CCCCC1C(=O)Nc1ccc(N2CCNCC2)cn1. The number of amides is 1. The molecule has 1 saturated carbocycles. The van der Waals surface area contributed by atoms with Crippen LogP contribution in [0.4, 0.5) is 11.5 Å². The fraction of sp³-hybridized carbons (Fsp3) is 0.647. The standard InChI is InChI=1S/C17H27N5O/c1-17(18)7-3-2-4-14(17)16(23)21-15-6-5-13(12-20-15)22-10-8-19-9-11-22/h5-6,12,14,19H,2-4,7-11,18H2,1H3,(H,20,21,23). The van der Waals surface area contributed by atoms with E-state index in [9.17, 15) is 4.79 Å². The maximum atomic E-state index is 12.5. The second-order valence-electron chi connectivity index (χ2n) is 6.93. The van der Waals surface area contributed by atoms with E-state index in [0.717, 1.165) is 57.5 Å². The summed E-state index contributed by atoms with van der Waals surface area (Å²) in [5, 5.41) is 6.27. The number of nitrogens with two attached hydrogens (primary N) is 1. The Kier molecular flexibility index (Phi) is 4.82. The van der Waals surface area contributed by atoms with Crippen molar-refractivity contribution in [2.45, 2.75) is 38.1 Å². The Labute approximate surface area is 137 Å². The zero-order chi connectivity index (χ0) is 16.3. The van der Waals surface area contributed by atoms with Gasteiger partial charge in [-0.2, -0.15) is 0 Å². The van der Waals surface area contributed by atoms with Crippen LogP contribution in [0, 0.1) is 5.92 Å². The fourth-order valence-corrected chi connectivity index (χ4v) is 3.57. The summed E-state index contributed by atoms with van der Waals surface area (Å²) in [6.45, 7) is 5.95. The summed E-state index contributed by atoms with van der Waals surface area (Å²) in [5.74, 6) is 0.471. The van der Waals surface area contributed by atoms with Crippen LogP contribution in [0.25, 0.3) is 0 Å². The van der Waals surface area contributed by atoms with Crippen LogP contribution in [-0.4, -0.2) is 42.6 Å². The van der Waals surface area contributed by atoms with Crippen LogP contribution in [0.1, 0.15) is 32.6 Å². The number of carbonyl (C=O) groups excluding carboxylic acids is 1. The number of carbonyl (C=O) groups is 1. The van der Waals surface area contributed by atoms with Crippen molar-refractivity contribution in [1.29, 1.82) is 0 Å². The minimum atomic E-state index is -0.414. The number of pyridine rings is 1. The molecule has 6 heteroatoms. The Balaban J connectivity index is 1.62. The van der Waals surface area contributed by atoms with Gasteiger partial charge in [0.25, 0.3) is 0 Å². The van der Waals surface area contributed by atoms with Crippen molar-refractivity contribution in [2.24, 2.45) is 11.7 Å². The van der Waals surface area contributed by atoms with Gasteiger partial charge in [-0.15, -0.1) is 0 Å². The summed E-state index contributed by atoms with van der Waals surface area (Å²) in [6.07, 6.45) is 5.77. The smallest absolute Gasteiger partial charge is 0.230 e. The lowest BCUT2D eigenvalue weighted by Crippen LogP contribution is -2.51. The molecule has 1 aliphatic heterocycles. The zero-order valence-electron chi connectivity index (χ0n) is 13.8. The van der Waals surface area contributed by atoms with Gasteiger partial charge in [0.05, 0.1) is 17.8 Å². The maximum absolute atomic E-state index is 12.5. The number of rotatable bonds is 3. The molecule has 23 heavy (non-hydrogen) atoms. The van der Waals surface area contributed by atoms with E-state index in [4.69, 9.17) is 5.73 Å². The van der Waals surface area contributed by atoms with Crippen molar-refractivity contribution in [3.05, 3.63) is 18.3 Å². The van der Waals surface area contributed by atoms with Crippen LogP contribution in [0.5, 0.6) is 0 Å². The van der Waals surface area contributed by atoms with Gasteiger partial charge in [0.15, 0.2) is 0 Å². The van der Waals surface area contributed by atoms with Gasteiger partial charge >= 0.3 is 0 Å². The molecular weight excluding hydrogens is 290 g/mol. The molecule has 1 saturated heterocycles. The fourth-order valence-electron chi connectivity index (χ4n) is 3.57. The highest BCUT2D eigenvalue weighted by atomic mass is 16.2. The molecule has 0 aromatic carbocycles. The van der Waals surface area contributed by atoms with Gasteiger partial charge in [-0.25, -0.2) is 4.98 Å². The number of nitrogens with zero attached hydrogens (tertiary/aromatic N) is 2. The molecule has 2 heterocycles. The predicted molar refractivity (Wildman–Crippen MR) is 92.5 cm³/mol. The molecule has 0 radical (unpaired) electrons. The number of piperazine rings is 1. The highest BCUT2D eigenvalue weighted by Gasteiger charge is 2.37.